The molecule has 0 bridgehead atoms. The molecule has 0 radical (unpaired) electrons. The zero-order valence-electron chi connectivity index (χ0n) is 22.8. The summed E-state index contributed by atoms with van der Waals surface area (Å²) in [5.41, 5.74) is 0.794. The number of carbonyl (C=O) groups excluding carboxylic acids is 1. The number of nitrogens with one attached hydrogen (secondary N) is 1. The minimum atomic E-state index is -0.947. The van der Waals surface area contributed by atoms with Crippen LogP contribution in [0.5, 0.6) is 17.2 Å². The Morgan fingerprint density at radius 3 is 2.42 bits per heavy atom. The summed E-state index contributed by atoms with van der Waals surface area (Å²) < 4.78 is 48.0. The largest absolute Gasteiger partial charge is 0.493 e. The van der Waals surface area contributed by atoms with E-state index in [0.29, 0.717) is 53.7 Å². The highest BCUT2D eigenvalue weighted by Gasteiger charge is 2.35. The smallest absolute Gasteiger partial charge is 0.243 e. The Morgan fingerprint density at radius 1 is 0.950 bits per heavy atom. The highest BCUT2D eigenvalue weighted by atomic mass is 19.2. The van der Waals surface area contributed by atoms with Crippen LogP contribution in [-0.2, 0) is 11.2 Å². The van der Waals surface area contributed by atoms with Crippen molar-refractivity contribution < 1.29 is 27.8 Å². The molecule has 2 saturated carbocycles. The van der Waals surface area contributed by atoms with E-state index in [1.54, 1.807) is 6.07 Å². The molecule has 0 saturated heterocycles. The van der Waals surface area contributed by atoms with Gasteiger partial charge < -0.3 is 24.1 Å². The monoisotopic (exact) mass is 553 g/mol. The van der Waals surface area contributed by atoms with Crippen LogP contribution in [0.15, 0.2) is 30.3 Å². The molecule has 214 valence electrons. The Morgan fingerprint density at radius 2 is 1.65 bits per heavy atom. The van der Waals surface area contributed by atoms with E-state index in [1.807, 2.05) is 16.7 Å². The number of nitrogens with zero attached hydrogens (tertiary/aromatic N) is 2. The average molecular weight is 554 g/mol. The van der Waals surface area contributed by atoms with Crippen molar-refractivity contribution in [2.75, 3.05) is 19.8 Å². The molecule has 9 heteroatoms. The predicted octanol–water partition coefficient (Wildman–Crippen LogP) is 6.28. The van der Waals surface area contributed by atoms with Crippen LogP contribution in [0, 0.1) is 17.6 Å². The third-order valence-corrected chi connectivity index (χ3v) is 8.51. The number of hydrogen-bond donors (Lipinski definition) is 1. The average Bonchev–Trinajstić information content (AvgIpc) is 3.30. The molecule has 3 aliphatic rings. The first kappa shape index (κ1) is 26.8. The maximum absolute atomic E-state index is 14.6. The summed E-state index contributed by atoms with van der Waals surface area (Å²) in [6, 6.07) is 7.36. The Hall–Kier alpha value is -3.36. The normalized spacial score (nSPS) is 18.9. The summed E-state index contributed by atoms with van der Waals surface area (Å²) in [7, 11) is 0. The molecule has 1 amide bonds. The molecular formula is C31H37F2N3O4. The maximum atomic E-state index is 14.6. The second-order valence-electron chi connectivity index (χ2n) is 11.2. The van der Waals surface area contributed by atoms with Crippen LogP contribution in [0.4, 0.5) is 8.78 Å². The SMILES string of the molecule is O=C(NC1CCCCC1)C(C1CCCCC1)n1c(CCOc2ccc3c(c2)OCCO3)nc2cc(F)c(F)cc21. The lowest BCUT2D eigenvalue weighted by molar-refractivity contribution is -0.127. The number of imidazole rings is 1. The fraction of sp³-hybridized carbons (Fsp3) is 0.548. The molecule has 2 fully saturated rings. The van der Waals surface area contributed by atoms with Crippen LogP contribution < -0.4 is 19.5 Å². The van der Waals surface area contributed by atoms with Crippen molar-refractivity contribution in [2.45, 2.75) is 82.7 Å². The highest BCUT2D eigenvalue weighted by molar-refractivity contribution is 5.85. The Labute approximate surface area is 233 Å². The summed E-state index contributed by atoms with van der Waals surface area (Å²) in [6.45, 7) is 1.27. The Balaban J connectivity index is 1.31. The van der Waals surface area contributed by atoms with Crippen molar-refractivity contribution in [2.24, 2.45) is 5.92 Å². The lowest BCUT2D eigenvalue weighted by Gasteiger charge is -2.33. The summed E-state index contributed by atoms with van der Waals surface area (Å²) in [6.07, 6.45) is 10.8. The fourth-order valence-electron chi connectivity index (χ4n) is 6.53. The lowest BCUT2D eigenvalue weighted by atomic mass is 9.82. The van der Waals surface area contributed by atoms with E-state index >= 15 is 0 Å². The first-order chi connectivity index (χ1) is 19.6. The van der Waals surface area contributed by atoms with Gasteiger partial charge in [-0.15, -0.1) is 0 Å². The zero-order chi connectivity index (χ0) is 27.5. The summed E-state index contributed by atoms with van der Waals surface area (Å²) in [4.78, 5) is 18.7. The number of ether oxygens (including phenoxy) is 3. The second kappa shape index (κ2) is 12.0. The van der Waals surface area contributed by atoms with Gasteiger partial charge in [0.1, 0.15) is 30.8 Å². The molecule has 1 N–H and O–H groups in total. The Kier molecular flexibility index (Phi) is 8.07. The fourth-order valence-corrected chi connectivity index (χ4v) is 6.53. The van der Waals surface area contributed by atoms with Gasteiger partial charge in [0.05, 0.1) is 17.6 Å². The molecule has 2 aromatic carbocycles. The zero-order valence-corrected chi connectivity index (χ0v) is 22.8. The molecule has 0 spiro atoms. The number of aromatic nitrogens is 2. The second-order valence-corrected chi connectivity index (χ2v) is 11.2. The van der Waals surface area contributed by atoms with Crippen LogP contribution in [0.3, 0.4) is 0 Å². The molecule has 40 heavy (non-hydrogen) atoms. The van der Waals surface area contributed by atoms with Gasteiger partial charge in [-0.3, -0.25) is 4.79 Å². The van der Waals surface area contributed by atoms with Gasteiger partial charge in [-0.2, -0.15) is 0 Å². The molecule has 1 aliphatic heterocycles. The van der Waals surface area contributed by atoms with E-state index in [2.05, 4.69) is 5.32 Å². The van der Waals surface area contributed by atoms with E-state index in [4.69, 9.17) is 19.2 Å². The minimum Gasteiger partial charge on any atom is -0.493 e. The van der Waals surface area contributed by atoms with Gasteiger partial charge in [-0.25, -0.2) is 13.8 Å². The molecule has 2 aliphatic carbocycles. The van der Waals surface area contributed by atoms with Crippen molar-refractivity contribution in [1.29, 1.82) is 0 Å². The van der Waals surface area contributed by atoms with Gasteiger partial charge in [0.2, 0.25) is 5.91 Å². The number of benzene rings is 2. The number of rotatable bonds is 8. The highest BCUT2D eigenvalue weighted by Crippen LogP contribution is 2.37. The maximum Gasteiger partial charge on any atom is 0.243 e. The van der Waals surface area contributed by atoms with E-state index < -0.39 is 17.7 Å². The van der Waals surface area contributed by atoms with Crippen LogP contribution >= 0.6 is 0 Å². The van der Waals surface area contributed by atoms with Crippen LogP contribution in [0.1, 0.15) is 76.1 Å². The van der Waals surface area contributed by atoms with E-state index in [0.717, 1.165) is 63.9 Å². The first-order valence-corrected chi connectivity index (χ1v) is 14.8. The Bertz CT molecular complexity index is 1350. The number of carbonyl (C=O) groups is 1. The summed E-state index contributed by atoms with van der Waals surface area (Å²) in [5, 5.41) is 3.32. The summed E-state index contributed by atoms with van der Waals surface area (Å²) in [5.74, 6) is 0.703. The predicted molar refractivity (Wildman–Crippen MR) is 147 cm³/mol. The van der Waals surface area contributed by atoms with Gasteiger partial charge in [-0.05, 0) is 43.7 Å². The molecule has 2 heterocycles. The molecule has 1 aromatic heterocycles. The van der Waals surface area contributed by atoms with Crippen LogP contribution in [0.2, 0.25) is 0 Å². The van der Waals surface area contributed by atoms with Crippen molar-refractivity contribution in [3.63, 3.8) is 0 Å². The summed E-state index contributed by atoms with van der Waals surface area (Å²) >= 11 is 0. The van der Waals surface area contributed by atoms with Crippen molar-refractivity contribution >= 4 is 16.9 Å². The van der Waals surface area contributed by atoms with Crippen LogP contribution in [-0.4, -0.2) is 41.3 Å². The van der Waals surface area contributed by atoms with Crippen LogP contribution in [0.25, 0.3) is 11.0 Å². The molecule has 1 atom stereocenters. The number of fused-ring (bicyclic) bond motifs is 2. The topological polar surface area (TPSA) is 74.6 Å². The molecule has 3 aromatic rings. The third-order valence-electron chi connectivity index (χ3n) is 8.51. The van der Waals surface area contributed by atoms with E-state index in [9.17, 15) is 13.6 Å². The molecule has 6 rings (SSSR count). The van der Waals surface area contributed by atoms with Gasteiger partial charge in [0, 0.05) is 30.7 Å². The van der Waals surface area contributed by atoms with Gasteiger partial charge >= 0.3 is 0 Å². The van der Waals surface area contributed by atoms with E-state index in [-0.39, 0.29) is 24.5 Å². The van der Waals surface area contributed by atoms with Gasteiger partial charge in [0.15, 0.2) is 23.1 Å². The van der Waals surface area contributed by atoms with Gasteiger partial charge in [-0.1, -0.05) is 38.5 Å². The van der Waals surface area contributed by atoms with Crippen molar-refractivity contribution in [3.05, 3.63) is 47.8 Å². The third kappa shape index (κ3) is 5.74. The quantitative estimate of drug-likeness (QED) is 0.356. The molecule has 1 unspecified atom stereocenters. The number of hydrogen-bond acceptors (Lipinski definition) is 5. The minimum absolute atomic E-state index is 0.0446. The van der Waals surface area contributed by atoms with E-state index in [1.165, 1.54) is 12.5 Å². The molecule has 7 nitrogen and oxygen atoms in total. The lowest BCUT2D eigenvalue weighted by Crippen LogP contribution is -2.44. The van der Waals surface area contributed by atoms with Crippen molar-refractivity contribution in [3.8, 4) is 17.2 Å². The number of amides is 1. The standard InChI is InChI=1S/C31H37F2N3O4/c32-23-18-25-26(19-24(23)33)36(29(35-25)13-14-38-22-11-12-27-28(17-22)40-16-15-39-27)30(20-7-3-1-4-8-20)31(37)34-21-9-5-2-6-10-21/h11-12,17-21,30H,1-10,13-16H2,(H,34,37). The number of halogens is 2. The van der Waals surface area contributed by atoms with Crippen molar-refractivity contribution in [1.82, 2.24) is 14.9 Å². The molecular weight excluding hydrogens is 516 g/mol. The van der Waals surface area contributed by atoms with Gasteiger partial charge in [0.25, 0.3) is 0 Å². The first-order valence-electron chi connectivity index (χ1n) is 14.8.